The minimum Gasteiger partial charge on any atom is -0.491 e. The van der Waals surface area contributed by atoms with E-state index in [2.05, 4.69) is 46.2 Å². The van der Waals surface area contributed by atoms with Crippen LogP contribution in [0, 0.1) is 0 Å². The third kappa shape index (κ3) is 6.60. The molecule has 0 bridgehead atoms. The van der Waals surface area contributed by atoms with Gasteiger partial charge in [-0.15, -0.1) is 0 Å². The van der Waals surface area contributed by atoms with Crippen LogP contribution in [-0.2, 0) is 11.3 Å². The van der Waals surface area contributed by atoms with Gasteiger partial charge in [0.15, 0.2) is 6.29 Å². The fourth-order valence-corrected chi connectivity index (χ4v) is 4.75. The Bertz CT molecular complexity index is 1170. The second kappa shape index (κ2) is 11.8. The highest BCUT2D eigenvalue weighted by Crippen LogP contribution is 2.21. The number of ether oxygens (including phenoxy) is 2. The van der Waals surface area contributed by atoms with E-state index < -0.39 is 12.4 Å². The van der Waals surface area contributed by atoms with Crippen LogP contribution in [0.2, 0.25) is 0 Å². The van der Waals surface area contributed by atoms with Crippen LogP contribution in [0.1, 0.15) is 5.56 Å². The number of hydrogen-bond donors (Lipinski definition) is 2. The zero-order valence-corrected chi connectivity index (χ0v) is 20.5. The zero-order valence-electron chi connectivity index (χ0n) is 20.5. The maximum atomic E-state index is 10.5. The summed E-state index contributed by atoms with van der Waals surface area (Å²) in [6.45, 7) is 5.03. The molecule has 1 saturated heterocycles. The van der Waals surface area contributed by atoms with Crippen molar-refractivity contribution in [1.82, 2.24) is 9.80 Å². The predicted octanol–water partition coefficient (Wildman–Crippen LogP) is 3.89. The number of nitrogens with zero attached hydrogens (tertiary/aromatic N) is 2. The van der Waals surface area contributed by atoms with E-state index in [4.69, 9.17) is 9.47 Å². The first-order chi connectivity index (χ1) is 17.6. The van der Waals surface area contributed by atoms with Crippen molar-refractivity contribution >= 4 is 21.5 Å². The average Bonchev–Trinajstić information content (AvgIpc) is 2.91. The van der Waals surface area contributed by atoms with E-state index >= 15 is 0 Å². The molecule has 0 saturated carbocycles. The van der Waals surface area contributed by atoms with E-state index in [1.165, 1.54) is 16.2 Å². The highest BCUT2D eigenvalue weighted by atomic mass is 16.6. The molecule has 0 spiro atoms. The second-order valence-corrected chi connectivity index (χ2v) is 9.52. The van der Waals surface area contributed by atoms with Crippen molar-refractivity contribution in [3.05, 3.63) is 90.5 Å². The Morgan fingerprint density at radius 3 is 1.94 bits per heavy atom. The van der Waals surface area contributed by atoms with Gasteiger partial charge in [0.05, 0.1) is 6.61 Å². The first-order valence-corrected chi connectivity index (χ1v) is 12.6. The van der Waals surface area contributed by atoms with E-state index in [9.17, 15) is 10.2 Å². The lowest BCUT2D eigenvalue weighted by Gasteiger charge is -2.36. The van der Waals surface area contributed by atoms with Gasteiger partial charge in [0.1, 0.15) is 18.5 Å². The SMILES string of the molecule is OC(COc1ccc2ccccc2c1)CN1CCN(CC(O)OCc2ccc3ccccc3c2)CC1. The van der Waals surface area contributed by atoms with Crippen LogP contribution < -0.4 is 4.74 Å². The van der Waals surface area contributed by atoms with Gasteiger partial charge in [-0.1, -0.05) is 66.7 Å². The number of aliphatic hydroxyl groups excluding tert-OH is 2. The Kier molecular flexibility index (Phi) is 8.11. The molecular weight excluding hydrogens is 452 g/mol. The average molecular weight is 487 g/mol. The molecule has 1 fully saturated rings. The summed E-state index contributed by atoms with van der Waals surface area (Å²) in [6.07, 6.45) is -1.39. The Hall–Kier alpha value is -3.00. The Morgan fingerprint density at radius 2 is 1.25 bits per heavy atom. The Labute approximate surface area is 212 Å². The largest absolute Gasteiger partial charge is 0.491 e. The summed E-state index contributed by atoms with van der Waals surface area (Å²) in [5.74, 6) is 0.773. The van der Waals surface area contributed by atoms with Crippen LogP contribution in [-0.4, -0.2) is 78.3 Å². The molecule has 4 aromatic carbocycles. The molecule has 6 nitrogen and oxygen atoms in total. The smallest absolute Gasteiger partial charge is 0.167 e. The third-order valence-electron chi connectivity index (χ3n) is 6.77. The molecule has 0 aliphatic carbocycles. The van der Waals surface area contributed by atoms with Crippen LogP contribution >= 0.6 is 0 Å². The lowest BCUT2D eigenvalue weighted by atomic mass is 10.1. The number of β-amino-alcohol motifs (C(OH)–C–C–N with tert-alkyl or cyclic N) is 2. The van der Waals surface area contributed by atoms with Gasteiger partial charge in [0, 0.05) is 39.3 Å². The standard InChI is InChI=1S/C30H34N2O4/c33-28(22-35-29-12-11-25-6-2-4-8-27(25)18-29)19-31-13-15-32(16-14-31)20-30(34)36-21-23-9-10-24-5-1-3-7-26(24)17-23/h1-12,17-18,28,30,33-34H,13-16,19-22H2. The molecule has 2 atom stereocenters. The monoisotopic (exact) mass is 486 g/mol. The summed E-state index contributed by atoms with van der Waals surface area (Å²) < 4.78 is 11.6. The molecule has 188 valence electrons. The van der Waals surface area contributed by atoms with Gasteiger partial charge >= 0.3 is 0 Å². The summed E-state index contributed by atoms with van der Waals surface area (Å²) in [5, 5.41) is 25.6. The minimum absolute atomic E-state index is 0.264. The molecule has 2 unspecified atom stereocenters. The molecule has 2 N–H and O–H groups in total. The molecule has 0 aromatic heterocycles. The highest BCUT2D eigenvalue weighted by molar-refractivity contribution is 5.84. The fourth-order valence-electron chi connectivity index (χ4n) is 4.75. The summed E-state index contributed by atoms with van der Waals surface area (Å²) in [6, 6.07) is 28.6. The first kappa shape index (κ1) is 24.7. The lowest BCUT2D eigenvalue weighted by molar-refractivity contribution is -0.124. The second-order valence-electron chi connectivity index (χ2n) is 9.52. The molecule has 6 heteroatoms. The number of piperazine rings is 1. The molecular formula is C30H34N2O4. The van der Waals surface area contributed by atoms with Gasteiger partial charge in [-0.2, -0.15) is 0 Å². The van der Waals surface area contributed by atoms with E-state index in [1.807, 2.05) is 48.5 Å². The number of rotatable bonds is 10. The van der Waals surface area contributed by atoms with E-state index in [0.29, 0.717) is 19.7 Å². The van der Waals surface area contributed by atoms with Crippen molar-refractivity contribution in [2.24, 2.45) is 0 Å². The number of benzene rings is 4. The molecule has 1 aliphatic heterocycles. The van der Waals surface area contributed by atoms with Crippen molar-refractivity contribution in [3.8, 4) is 5.75 Å². The van der Waals surface area contributed by atoms with Crippen LogP contribution in [0.25, 0.3) is 21.5 Å². The van der Waals surface area contributed by atoms with E-state index in [0.717, 1.165) is 42.9 Å². The van der Waals surface area contributed by atoms with Gasteiger partial charge in [-0.05, 0) is 45.3 Å². The molecule has 4 aromatic rings. The highest BCUT2D eigenvalue weighted by Gasteiger charge is 2.21. The van der Waals surface area contributed by atoms with Crippen LogP contribution in [0.4, 0.5) is 0 Å². The summed E-state index contributed by atoms with van der Waals surface area (Å²) in [4.78, 5) is 4.45. The maximum Gasteiger partial charge on any atom is 0.167 e. The van der Waals surface area contributed by atoms with Crippen molar-refractivity contribution < 1.29 is 19.7 Å². The van der Waals surface area contributed by atoms with E-state index in [1.54, 1.807) is 0 Å². The summed E-state index contributed by atoms with van der Waals surface area (Å²) >= 11 is 0. The third-order valence-corrected chi connectivity index (χ3v) is 6.77. The number of fused-ring (bicyclic) bond motifs is 2. The quantitative estimate of drug-likeness (QED) is 0.332. The first-order valence-electron chi connectivity index (χ1n) is 12.6. The summed E-state index contributed by atoms with van der Waals surface area (Å²) in [5.41, 5.74) is 1.05. The van der Waals surface area contributed by atoms with Crippen molar-refractivity contribution in [3.63, 3.8) is 0 Å². The van der Waals surface area contributed by atoms with Gasteiger partial charge in [0.2, 0.25) is 0 Å². The zero-order chi connectivity index (χ0) is 24.7. The van der Waals surface area contributed by atoms with Gasteiger partial charge in [-0.3, -0.25) is 9.80 Å². The fraction of sp³-hybridized carbons (Fsp3) is 0.333. The van der Waals surface area contributed by atoms with Crippen molar-refractivity contribution in [1.29, 1.82) is 0 Å². The Morgan fingerprint density at radius 1 is 0.667 bits per heavy atom. The summed E-state index contributed by atoms with van der Waals surface area (Å²) in [7, 11) is 0. The number of aliphatic hydroxyl groups is 2. The van der Waals surface area contributed by atoms with Crippen LogP contribution in [0.3, 0.4) is 0 Å². The van der Waals surface area contributed by atoms with Crippen LogP contribution in [0.15, 0.2) is 84.9 Å². The maximum absolute atomic E-state index is 10.5. The van der Waals surface area contributed by atoms with Gasteiger partial charge in [0.25, 0.3) is 0 Å². The van der Waals surface area contributed by atoms with Crippen LogP contribution in [0.5, 0.6) is 5.75 Å². The molecule has 1 heterocycles. The molecule has 0 radical (unpaired) electrons. The Balaban J connectivity index is 1.00. The topological polar surface area (TPSA) is 65.4 Å². The minimum atomic E-state index is -0.830. The van der Waals surface area contributed by atoms with Crippen molar-refractivity contribution in [2.75, 3.05) is 45.9 Å². The number of hydrogen-bond acceptors (Lipinski definition) is 6. The molecule has 0 amide bonds. The van der Waals surface area contributed by atoms with Gasteiger partial charge in [-0.25, -0.2) is 0 Å². The normalized spacial score (nSPS) is 16.8. The van der Waals surface area contributed by atoms with E-state index in [-0.39, 0.29) is 6.61 Å². The lowest BCUT2D eigenvalue weighted by Crippen LogP contribution is -2.51. The molecule has 5 rings (SSSR count). The molecule has 36 heavy (non-hydrogen) atoms. The van der Waals surface area contributed by atoms with Gasteiger partial charge < -0.3 is 19.7 Å². The molecule has 1 aliphatic rings. The predicted molar refractivity (Wildman–Crippen MR) is 143 cm³/mol. The van der Waals surface area contributed by atoms with Crippen molar-refractivity contribution in [2.45, 2.75) is 19.0 Å².